The zero-order valence-corrected chi connectivity index (χ0v) is 10.5. The second kappa shape index (κ2) is 7.03. The molecule has 3 N–H and O–H groups in total. The van der Waals surface area contributed by atoms with Crippen LogP contribution in [-0.4, -0.2) is 47.9 Å². The summed E-state index contributed by atoms with van der Waals surface area (Å²) in [7, 11) is 1.58. The van der Waals surface area contributed by atoms with Crippen LogP contribution < -0.4 is 15.4 Å². The number of anilines is 1. The number of hydrogen-bond donors (Lipinski definition) is 3. The van der Waals surface area contributed by atoms with Crippen molar-refractivity contribution >= 4 is 5.95 Å². The lowest BCUT2D eigenvalue weighted by Crippen LogP contribution is -2.29. The molecule has 1 unspecified atom stereocenters. The zero-order valence-electron chi connectivity index (χ0n) is 10.5. The van der Waals surface area contributed by atoms with Crippen molar-refractivity contribution in [2.24, 2.45) is 0 Å². The first-order valence-corrected chi connectivity index (χ1v) is 5.64. The number of aliphatic hydroxyl groups excluding tert-OH is 1. The lowest BCUT2D eigenvalue weighted by atomic mass is 10.4. The van der Waals surface area contributed by atoms with E-state index >= 15 is 0 Å². The van der Waals surface area contributed by atoms with Gasteiger partial charge in [-0.2, -0.15) is 4.98 Å². The largest absolute Gasteiger partial charge is 0.481 e. The Hall–Kier alpha value is -1.40. The van der Waals surface area contributed by atoms with Gasteiger partial charge < -0.3 is 20.5 Å². The highest BCUT2D eigenvalue weighted by Gasteiger charge is 2.01. The molecule has 0 saturated heterocycles. The summed E-state index contributed by atoms with van der Waals surface area (Å²) < 4.78 is 5.05. The Balaban J connectivity index is 2.33. The van der Waals surface area contributed by atoms with Crippen LogP contribution in [0.5, 0.6) is 5.88 Å². The third-order valence-electron chi connectivity index (χ3n) is 2.06. The first-order valence-electron chi connectivity index (χ1n) is 5.64. The highest BCUT2D eigenvalue weighted by atomic mass is 16.5. The van der Waals surface area contributed by atoms with Crippen molar-refractivity contribution in [2.45, 2.75) is 20.0 Å². The van der Waals surface area contributed by atoms with E-state index in [0.717, 1.165) is 12.2 Å². The minimum absolute atomic E-state index is 0.328. The van der Waals surface area contributed by atoms with Crippen molar-refractivity contribution in [1.82, 2.24) is 15.3 Å². The molecule has 0 radical (unpaired) electrons. The number of aryl methyl sites for hydroxylation is 1. The van der Waals surface area contributed by atoms with Crippen molar-refractivity contribution < 1.29 is 9.84 Å². The summed E-state index contributed by atoms with van der Waals surface area (Å²) in [6.45, 7) is 5.65. The third kappa shape index (κ3) is 5.46. The Morgan fingerprint density at radius 3 is 2.82 bits per heavy atom. The lowest BCUT2D eigenvalue weighted by molar-refractivity contribution is 0.192. The highest BCUT2D eigenvalue weighted by Crippen LogP contribution is 2.10. The van der Waals surface area contributed by atoms with Crippen LogP contribution in [-0.2, 0) is 0 Å². The molecule has 17 heavy (non-hydrogen) atoms. The summed E-state index contributed by atoms with van der Waals surface area (Å²) >= 11 is 0. The summed E-state index contributed by atoms with van der Waals surface area (Å²) in [5, 5.41) is 15.2. The topological polar surface area (TPSA) is 79.3 Å². The van der Waals surface area contributed by atoms with E-state index in [1.54, 1.807) is 20.1 Å². The zero-order chi connectivity index (χ0) is 12.7. The van der Waals surface area contributed by atoms with E-state index in [1.165, 1.54) is 0 Å². The van der Waals surface area contributed by atoms with E-state index in [-0.39, 0.29) is 6.10 Å². The number of hydrogen-bond acceptors (Lipinski definition) is 6. The summed E-state index contributed by atoms with van der Waals surface area (Å²) in [5.74, 6) is 1.11. The number of aromatic nitrogens is 2. The minimum atomic E-state index is -0.328. The number of rotatable bonds is 7. The number of methoxy groups -OCH3 is 1. The van der Waals surface area contributed by atoms with E-state index in [0.29, 0.717) is 24.9 Å². The van der Waals surface area contributed by atoms with Gasteiger partial charge in [0.05, 0.1) is 13.2 Å². The summed E-state index contributed by atoms with van der Waals surface area (Å²) in [4.78, 5) is 8.40. The second-order valence-corrected chi connectivity index (χ2v) is 3.86. The molecule has 6 heteroatoms. The van der Waals surface area contributed by atoms with Crippen LogP contribution in [0.25, 0.3) is 0 Å². The molecule has 1 rings (SSSR count). The maximum atomic E-state index is 9.05. The fraction of sp³-hybridized carbons (Fsp3) is 0.636. The molecule has 1 heterocycles. The monoisotopic (exact) mass is 240 g/mol. The van der Waals surface area contributed by atoms with Crippen molar-refractivity contribution in [3.8, 4) is 5.88 Å². The van der Waals surface area contributed by atoms with Gasteiger partial charge in [0.2, 0.25) is 11.8 Å². The van der Waals surface area contributed by atoms with Gasteiger partial charge in [0.25, 0.3) is 0 Å². The molecule has 0 saturated carbocycles. The highest BCUT2D eigenvalue weighted by molar-refractivity contribution is 5.30. The molecule has 0 bridgehead atoms. The Morgan fingerprint density at radius 2 is 2.18 bits per heavy atom. The fourth-order valence-electron chi connectivity index (χ4n) is 1.30. The van der Waals surface area contributed by atoms with E-state index in [9.17, 15) is 0 Å². The van der Waals surface area contributed by atoms with E-state index in [1.807, 2.05) is 6.92 Å². The van der Waals surface area contributed by atoms with Gasteiger partial charge in [-0.3, -0.25) is 0 Å². The summed E-state index contributed by atoms with van der Waals surface area (Å²) in [5.41, 5.74) is 0.858. The minimum Gasteiger partial charge on any atom is -0.481 e. The Bertz CT molecular complexity index is 344. The van der Waals surface area contributed by atoms with E-state index in [4.69, 9.17) is 9.84 Å². The summed E-state index contributed by atoms with van der Waals surface area (Å²) in [6, 6.07) is 1.77. The molecule has 0 aliphatic heterocycles. The first kappa shape index (κ1) is 13.7. The van der Waals surface area contributed by atoms with Crippen LogP contribution in [0.1, 0.15) is 12.6 Å². The van der Waals surface area contributed by atoms with Crippen molar-refractivity contribution in [1.29, 1.82) is 0 Å². The third-order valence-corrected chi connectivity index (χ3v) is 2.06. The van der Waals surface area contributed by atoms with Crippen LogP contribution in [0.3, 0.4) is 0 Å². The maximum absolute atomic E-state index is 9.05. The molecule has 1 aromatic rings. The quantitative estimate of drug-likeness (QED) is 0.590. The Morgan fingerprint density at radius 1 is 1.41 bits per heavy atom. The Labute approximate surface area is 101 Å². The molecular formula is C11H20N4O2. The van der Waals surface area contributed by atoms with Crippen molar-refractivity contribution in [2.75, 3.05) is 32.1 Å². The van der Waals surface area contributed by atoms with Crippen LogP contribution in [0.4, 0.5) is 5.95 Å². The van der Waals surface area contributed by atoms with E-state index in [2.05, 4.69) is 20.6 Å². The van der Waals surface area contributed by atoms with Gasteiger partial charge in [-0.15, -0.1) is 0 Å². The maximum Gasteiger partial charge on any atom is 0.226 e. The molecule has 0 fully saturated rings. The van der Waals surface area contributed by atoms with Crippen molar-refractivity contribution in [3.05, 3.63) is 11.8 Å². The average Bonchev–Trinajstić information content (AvgIpc) is 2.27. The normalized spacial score (nSPS) is 12.2. The summed E-state index contributed by atoms with van der Waals surface area (Å²) in [6.07, 6.45) is -0.328. The van der Waals surface area contributed by atoms with Crippen molar-refractivity contribution in [3.63, 3.8) is 0 Å². The smallest absolute Gasteiger partial charge is 0.226 e. The van der Waals surface area contributed by atoms with Crippen LogP contribution in [0, 0.1) is 6.92 Å². The van der Waals surface area contributed by atoms with Gasteiger partial charge in [0.15, 0.2) is 0 Å². The number of aliphatic hydroxyl groups is 1. The molecule has 0 aliphatic carbocycles. The predicted molar refractivity (Wildman–Crippen MR) is 66.4 cm³/mol. The van der Waals surface area contributed by atoms with E-state index < -0.39 is 0 Å². The second-order valence-electron chi connectivity index (χ2n) is 3.86. The van der Waals surface area contributed by atoms with Crippen LogP contribution in [0.2, 0.25) is 0 Å². The molecule has 0 aromatic carbocycles. The molecule has 0 amide bonds. The van der Waals surface area contributed by atoms with Gasteiger partial charge in [-0.1, -0.05) is 0 Å². The average molecular weight is 240 g/mol. The molecule has 0 aliphatic rings. The fourth-order valence-corrected chi connectivity index (χ4v) is 1.30. The van der Waals surface area contributed by atoms with Crippen LogP contribution in [0.15, 0.2) is 6.07 Å². The van der Waals surface area contributed by atoms with Gasteiger partial charge in [0.1, 0.15) is 0 Å². The molecular weight excluding hydrogens is 220 g/mol. The standard InChI is InChI=1S/C11H20N4O2/c1-8-6-10(17-3)15-11(14-8)13-5-4-12-7-9(2)16/h6,9,12,16H,4-5,7H2,1-3H3,(H,13,14,15). The molecule has 1 atom stereocenters. The number of ether oxygens (including phenoxy) is 1. The first-order chi connectivity index (χ1) is 8.11. The van der Waals surface area contributed by atoms with Gasteiger partial charge in [-0.25, -0.2) is 4.98 Å². The van der Waals surface area contributed by atoms with Gasteiger partial charge in [0, 0.05) is 31.4 Å². The lowest BCUT2D eigenvalue weighted by Gasteiger charge is -2.09. The molecule has 0 spiro atoms. The predicted octanol–water partition coefficient (Wildman–Crippen LogP) is 0.176. The molecule has 6 nitrogen and oxygen atoms in total. The SMILES string of the molecule is COc1cc(C)nc(NCCNCC(C)O)n1. The Kier molecular flexibility index (Phi) is 5.65. The number of nitrogens with zero attached hydrogens (tertiary/aromatic N) is 2. The van der Waals surface area contributed by atoms with Crippen LogP contribution >= 0.6 is 0 Å². The van der Waals surface area contributed by atoms with Gasteiger partial charge in [-0.05, 0) is 13.8 Å². The molecule has 96 valence electrons. The number of nitrogens with one attached hydrogen (secondary N) is 2. The van der Waals surface area contributed by atoms with Gasteiger partial charge >= 0.3 is 0 Å². The molecule has 1 aromatic heterocycles.